The van der Waals surface area contributed by atoms with Crippen LogP contribution in [0.2, 0.25) is 0 Å². The molecule has 24 heavy (non-hydrogen) atoms. The summed E-state index contributed by atoms with van der Waals surface area (Å²) in [5, 5.41) is 9.09. The minimum Gasteiger partial charge on any atom is -0.337 e. The smallest absolute Gasteiger partial charge is 0.315 e. The average molecular weight is 348 g/mol. The summed E-state index contributed by atoms with van der Waals surface area (Å²) in [6.45, 7) is 4.79. The Morgan fingerprint density at radius 1 is 1.46 bits per heavy atom. The van der Waals surface area contributed by atoms with E-state index >= 15 is 0 Å². The Morgan fingerprint density at radius 2 is 2.21 bits per heavy atom. The summed E-state index contributed by atoms with van der Waals surface area (Å²) in [5.41, 5.74) is 0.999. The van der Waals surface area contributed by atoms with Gasteiger partial charge in [-0.15, -0.1) is 11.3 Å². The topological polar surface area (TPSA) is 74.3 Å². The number of likely N-dealkylation sites (tertiary alicyclic amines) is 1. The molecule has 2 saturated carbocycles. The van der Waals surface area contributed by atoms with Crippen LogP contribution in [0.1, 0.15) is 49.4 Å². The van der Waals surface area contributed by atoms with Crippen molar-refractivity contribution in [2.75, 3.05) is 6.54 Å². The molecule has 0 radical (unpaired) electrons. The van der Waals surface area contributed by atoms with Crippen molar-refractivity contribution in [3.05, 3.63) is 16.1 Å². The maximum atomic E-state index is 12.4. The van der Waals surface area contributed by atoms with Gasteiger partial charge in [0.25, 0.3) is 0 Å². The van der Waals surface area contributed by atoms with Gasteiger partial charge in [-0.05, 0) is 38.0 Å². The van der Waals surface area contributed by atoms with Gasteiger partial charge in [-0.3, -0.25) is 4.79 Å². The van der Waals surface area contributed by atoms with Crippen LogP contribution in [0.4, 0.5) is 4.79 Å². The van der Waals surface area contributed by atoms with Crippen molar-refractivity contribution in [2.45, 2.75) is 57.7 Å². The SMILES string of the molecule is Cc1csc([C@H](NC(=O)N[C@@H]2CC(=O)N([C@@H]3C[C@H]3C)C2)C2CC2)n1. The van der Waals surface area contributed by atoms with Gasteiger partial charge in [0.1, 0.15) is 5.01 Å². The molecule has 2 aliphatic carbocycles. The van der Waals surface area contributed by atoms with Crippen LogP contribution >= 0.6 is 11.3 Å². The predicted octanol–water partition coefficient (Wildman–Crippen LogP) is 2.21. The molecule has 1 aliphatic heterocycles. The number of urea groups is 1. The second kappa shape index (κ2) is 6.02. The molecule has 3 amide bonds. The van der Waals surface area contributed by atoms with Crippen molar-refractivity contribution in [1.29, 1.82) is 0 Å². The molecule has 0 spiro atoms. The molecule has 1 aromatic rings. The Morgan fingerprint density at radius 3 is 2.79 bits per heavy atom. The van der Waals surface area contributed by atoms with E-state index in [4.69, 9.17) is 0 Å². The number of thiazole rings is 1. The first-order valence-electron chi connectivity index (χ1n) is 8.80. The van der Waals surface area contributed by atoms with Gasteiger partial charge in [-0.1, -0.05) is 6.92 Å². The normalized spacial score (nSPS) is 30.3. The molecule has 2 heterocycles. The number of nitrogens with zero attached hydrogens (tertiary/aromatic N) is 2. The monoisotopic (exact) mass is 348 g/mol. The van der Waals surface area contributed by atoms with E-state index in [0.29, 0.717) is 30.8 Å². The van der Waals surface area contributed by atoms with Gasteiger partial charge in [-0.25, -0.2) is 9.78 Å². The zero-order chi connectivity index (χ0) is 16.8. The molecule has 3 fully saturated rings. The molecule has 1 aromatic heterocycles. The summed E-state index contributed by atoms with van der Waals surface area (Å²) in [6, 6.07) is 0.136. The van der Waals surface area contributed by atoms with E-state index in [0.717, 1.165) is 30.0 Å². The third kappa shape index (κ3) is 3.27. The Balaban J connectivity index is 1.33. The van der Waals surface area contributed by atoms with E-state index in [-0.39, 0.29) is 24.0 Å². The van der Waals surface area contributed by atoms with E-state index in [1.165, 1.54) is 0 Å². The first kappa shape index (κ1) is 15.9. The number of aryl methyl sites for hydroxylation is 1. The van der Waals surface area contributed by atoms with Crippen LogP contribution in [0.25, 0.3) is 0 Å². The van der Waals surface area contributed by atoms with E-state index in [1.54, 1.807) is 11.3 Å². The molecular weight excluding hydrogens is 324 g/mol. The molecular formula is C17H24N4O2S. The van der Waals surface area contributed by atoms with Crippen molar-refractivity contribution in [3.8, 4) is 0 Å². The van der Waals surface area contributed by atoms with Crippen molar-refractivity contribution >= 4 is 23.3 Å². The van der Waals surface area contributed by atoms with Gasteiger partial charge in [-0.2, -0.15) is 0 Å². The van der Waals surface area contributed by atoms with Crippen LogP contribution in [-0.2, 0) is 4.79 Å². The lowest BCUT2D eigenvalue weighted by atomic mass is 10.2. The molecule has 0 aromatic carbocycles. The lowest BCUT2D eigenvalue weighted by Crippen LogP contribution is -2.45. The maximum Gasteiger partial charge on any atom is 0.315 e. The molecule has 4 rings (SSSR count). The second-order valence-electron chi connectivity index (χ2n) is 7.49. The Kier molecular flexibility index (Phi) is 3.98. The molecule has 3 aliphatic rings. The lowest BCUT2D eigenvalue weighted by molar-refractivity contribution is -0.128. The van der Waals surface area contributed by atoms with Gasteiger partial charge in [0.2, 0.25) is 5.91 Å². The first-order chi connectivity index (χ1) is 11.5. The fourth-order valence-corrected chi connectivity index (χ4v) is 4.52. The quantitative estimate of drug-likeness (QED) is 0.857. The largest absolute Gasteiger partial charge is 0.337 e. The Hall–Kier alpha value is -1.63. The van der Waals surface area contributed by atoms with Gasteiger partial charge >= 0.3 is 6.03 Å². The molecule has 7 heteroatoms. The van der Waals surface area contributed by atoms with Crippen LogP contribution in [0.5, 0.6) is 0 Å². The van der Waals surface area contributed by atoms with Crippen LogP contribution in [0.3, 0.4) is 0 Å². The van der Waals surface area contributed by atoms with Crippen LogP contribution in [-0.4, -0.2) is 40.5 Å². The van der Waals surface area contributed by atoms with Crippen LogP contribution in [0.15, 0.2) is 5.38 Å². The van der Waals surface area contributed by atoms with Crippen molar-refractivity contribution in [1.82, 2.24) is 20.5 Å². The maximum absolute atomic E-state index is 12.4. The summed E-state index contributed by atoms with van der Waals surface area (Å²) >= 11 is 1.61. The Bertz CT molecular complexity index is 657. The first-order valence-corrected chi connectivity index (χ1v) is 9.67. The van der Waals surface area contributed by atoms with Crippen molar-refractivity contribution in [3.63, 3.8) is 0 Å². The highest BCUT2D eigenvalue weighted by Gasteiger charge is 2.45. The van der Waals surface area contributed by atoms with Crippen LogP contribution in [0, 0.1) is 18.8 Å². The van der Waals surface area contributed by atoms with Gasteiger partial charge in [0.05, 0.1) is 12.1 Å². The average Bonchev–Trinajstić information content (AvgIpc) is 3.41. The number of aromatic nitrogens is 1. The summed E-state index contributed by atoms with van der Waals surface area (Å²) in [6.07, 6.45) is 3.79. The standard InChI is InChI=1S/C17H24N4O2S/c1-9-5-13(9)21-7-12(6-14(21)22)19-17(23)20-15(11-3-4-11)16-18-10(2)8-24-16/h8-9,11-13,15H,3-7H2,1-2H3,(H2,19,20,23)/t9-,12-,13-,15-/m1/s1. The van der Waals surface area contributed by atoms with Crippen molar-refractivity contribution < 1.29 is 9.59 Å². The number of rotatable bonds is 5. The molecule has 0 bridgehead atoms. The molecule has 1 saturated heterocycles. The highest BCUT2D eigenvalue weighted by Crippen LogP contribution is 2.42. The molecule has 6 nitrogen and oxygen atoms in total. The zero-order valence-corrected chi connectivity index (χ0v) is 14.9. The summed E-state index contributed by atoms with van der Waals surface area (Å²) in [4.78, 5) is 31.0. The summed E-state index contributed by atoms with van der Waals surface area (Å²) in [5.74, 6) is 1.27. The van der Waals surface area contributed by atoms with Crippen molar-refractivity contribution in [2.24, 2.45) is 11.8 Å². The number of hydrogen-bond acceptors (Lipinski definition) is 4. The summed E-state index contributed by atoms with van der Waals surface area (Å²) in [7, 11) is 0. The fraction of sp³-hybridized carbons (Fsp3) is 0.706. The van der Waals surface area contributed by atoms with Gasteiger partial charge in [0.15, 0.2) is 0 Å². The third-order valence-electron chi connectivity index (χ3n) is 5.24. The predicted molar refractivity (Wildman–Crippen MR) is 91.7 cm³/mol. The highest BCUT2D eigenvalue weighted by atomic mass is 32.1. The molecule has 0 unspecified atom stereocenters. The minimum atomic E-state index is -0.178. The van der Waals surface area contributed by atoms with E-state index in [1.807, 2.05) is 17.2 Å². The molecule has 2 N–H and O–H groups in total. The minimum absolute atomic E-state index is 0.000335. The third-order valence-corrected chi connectivity index (χ3v) is 6.29. The zero-order valence-electron chi connectivity index (χ0n) is 14.1. The van der Waals surface area contributed by atoms with E-state index < -0.39 is 0 Å². The molecule has 4 atom stereocenters. The molecule has 130 valence electrons. The Labute approximate surface area is 146 Å². The van der Waals surface area contributed by atoms with Gasteiger partial charge in [0, 0.05) is 30.1 Å². The number of carbonyl (C=O) groups excluding carboxylic acids is 2. The lowest BCUT2D eigenvalue weighted by Gasteiger charge is -2.20. The van der Waals surface area contributed by atoms with Crippen LogP contribution < -0.4 is 10.6 Å². The summed E-state index contributed by atoms with van der Waals surface area (Å²) < 4.78 is 0. The highest BCUT2D eigenvalue weighted by molar-refractivity contribution is 7.09. The van der Waals surface area contributed by atoms with E-state index in [9.17, 15) is 9.59 Å². The number of hydrogen-bond donors (Lipinski definition) is 2. The fourth-order valence-electron chi connectivity index (χ4n) is 3.58. The van der Waals surface area contributed by atoms with Gasteiger partial charge < -0.3 is 15.5 Å². The number of carbonyl (C=O) groups is 2. The second-order valence-corrected chi connectivity index (χ2v) is 8.38. The van der Waals surface area contributed by atoms with E-state index in [2.05, 4.69) is 22.5 Å². The number of nitrogens with one attached hydrogen (secondary N) is 2. The number of amides is 3.